The molecule has 3 aromatic rings. The zero-order valence-electron chi connectivity index (χ0n) is 23.6. The van der Waals surface area contributed by atoms with Crippen LogP contribution in [0.1, 0.15) is 34.3 Å². The first-order valence-electron chi connectivity index (χ1n) is 14.0. The summed E-state index contributed by atoms with van der Waals surface area (Å²) in [5, 5.41) is 17.7. The van der Waals surface area contributed by atoms with Crippen molar-refractivity contribution in [2.24, 2.45) is 0 Å². The maximum absolute atomic E-state index is 13.5. The first-order valence-corrected chi connectivity index (χ1v) is 14.0. The minimum absolute atomic E-state index is 0.0293. The van der Waals surface area contributed by atoms with E-state index in [2.05, 4.69) is 37.8 Å². The molecule has 222 valence electrons. The van der Waals surface area contributed by atoms with Crippen molar-refractivity contribution in [2.45, 2.75) is 25.4 Å². The number of anilines is 4. The fraction of sp³-hybridized carbons (Fsp3) is 0.367. The van der Waals surface area contributed by atoms with Crippen LogP contribution in [-0.2, 0) is 11.3 Å². The largest absolute Gasteiger partial charge is 0.383 e. The Morgan fingerprint density at radius 3 is 2.40 bits per heavy atom. The van der Waals surface area contributed by atoms with Gasteiger partial charge >= 0.3 is 0 Å². The molecule has 0 radical (unpaired) electrons. The second kappa shape index (κ2) is 13.1. The van der Waals surface area contributed by atoms with E-state index in [1.54, 1.807) is 18.2 Å². The number of aromatic nitrogens is 1. The van der Waals surface area contributed by atoms with Crippen molar-refractivity contribution in [3.8, 4) is 0 Å². The lowest BCUT2D eigenvalue weighted by molar-refractivity contribution is 0.0904. The number of halogens is 2. The maximum Gasteiger partial charge on any atom is 0.258 e. The van der Waals surface area contributed by atoms with Gasteiger partial charge in [-0.05, 0) is 67.9 Å². The van der Waals surface area contributed by atoms with Gasteiger partial charge in [-0.25, -0.2) is 13.8 Å². The second-order valence-electron chi connectivity index (χ2n) is 10.6. The van der Waals surface area contributed by atoms with E-state index in [0.717, 1.165) is 50.8 Å². The van der Waals surface area contributed by atoms with E-state index in [-0.39, 0.29) is 29.8 Å². The predicted octanol–water partition coefficient (Wildman–Crippen LogP) is 3.65. The van der Waals surface area contributed by atoms with Crippen molar-refractivity contribution in [3.05, 3.63) is 76.9 Å². The highest BCUT2D eigenvalue weighted by Crippen LogP contribution is 2.27. The zero-order chi connectivity index (χ0) is 29.6. The monoisotopic (exact) mass is 578 g/mol. The van der Waals surface area contributed by atoms with Gasteiger partial charge < -0.3 is 36.2 Å². The lowest BCUT2D eigenvalue weighted by atomic mass is 10.1. The number of nitrogen functional groups attached to an aromatic ring is 1. The Morgan fingerprint density at radius 1 is 1.02 bits per heavy atom. The second-order valence-corrected chi connectivity index (χ2v) is 10.6. The summed E-state index contributed by atoms with van der Waals surface area (Å²) < 4.78 is 32.4. The molecule has 1 amide bonds. The van der Waals surface area contributed by atoms with Gasteiger partial charge in [-0.15, -0.1) is 0 Å². The number of piperazine rings is 1. The number of ether oxygens (including phenoxy) is 1. The lowest BCUT2D eigenvalue weighted by Crippen LogP contribution is -2.44. The molecule has 0 saturated carbocycles. The molecule has 1 aromatic heterocycles. The van der Waals surface area contributed by atoms with Crippen LogP contribution in [0.5, 0.6) is 0 Å². The van der Waals surface area contributed by atoms with Crippen LogP contribution < -0.4 is 26.6 Å². The highest BCUT2D eigenvalue weighted by Gasteiger charge is 2.22. The van der Waals surface area contributed by atoms with Crippen LogP contribution >= 0.6 is 0 Å². The summed E-state index contributed by atoms with van der Waals surface area (Å²) in [5.74, 6) is -1.57. The van der Waals surface area contributed by atoms with Crippen molar-refractivity contribution >= 4 is 34.8 Å². The fourth-order valence-corrected chi connectivity index (χ4v) is 5.11. The van der Waals surface area contributed by atoms with Gasteiger partial charge in [-0.1, -0.05) is 0 Å². The smallest absolute Gasteiger partial charge is 0.258 e. The molecular formula is C30H36F2N8O2. The van der Waals surface area contributed by atoms with Gasteiger partial charge in [-0.3, -0.25) is 10.2 Å². The summed E-state index contributed by atoms with van der Waals surface area (Å²) >= 11 is 0. The number of nitrogens with zero attached hydrogens (tertiary/aromatic N) is 3. The summed E-state index contributed by atoms with van der Waals surface area (Å²) in [6, 6.07) is 12.3. The highest BCUT2D eigenvalue weighted by atomic mass is 19.1. The molecule has 0 spiro atoms. The Balaban J connectivity index is 1.28. The Labute approximate surface area is 243 Å². The summed E-state index contributed by atoms with van der Waals surface area (Å²) in [6.45, 7) is 5.20. The van der Waals surface area contributed by atoms with Gasteiger partial charge in [0.25, 0.3) is 5.91 Å². The van der Waals surface area contributed by atoms with Gasteiger partial charge in [0.05, 0.1) is 11.1 Å². The number of nitrogens with one attached hydrogen (secondary N) is 4. The van der Waals surface area contributed by atoms with Crippen molar-refractivity contribution in [1.82, 2.24) is 15.2 Å². The Hall–Kier alpha value is -4.29. The number of nitrogens with two attached hydrogens (primary N) is 1. The molecule has 6 N–H and O–H groups in total. The van der Waals surface area contributed by atoms with E-state index >= 15 is 0 Å². The molecule has 3 heterocycles. The molecule has 2 aromatic carbocycles. The average molecular weight is 579 g/mol. The lowest BCUT2D eigenvalue weighted by Gasteiger charge is -2.34. The Morgan fingerprint density at radius 2 is 1.71 bits per heavy atom. The number of amides is 1. The predicted molar refractivity (Wildman–Crippen MR) is 160 cm³/mol. The molecule has 12 heteroatoms. The number of hydrogen-bond acceptors (Lipinski definition) is 9. The molecule has 2 aliphatic heterocycles. The first-order chi connectivity index (χ1) is 20.2. The Kier molecular flexibility index (Phi) is 9.13. The third kappa shape index (κ3) is 7.31. The molecule has 0 aliphatic carbocycles. The fourth-order valence-electron chi connectivity index (χ4n) is 5.11. The number of hydrogen-bond donors (Lipinski definition) is 5. The Bertz CT molecular complexity index is 1420. The van der Waals surface area contributed by atoms with Gasteiger partial charge in [-0.2, -0.15) is 0 Å². The van der Waals surface area contributed by atoms with Crippen LogP contribution in [0.3, 0.4) is 0 Å². The average Bonchev–Trinajstić information content (AvgIpc) is 2.96. The molecular weight excluding hydrogens is 542 g/mol. The molecule has 42 heavy (non-hydrogen) atoms. The number of rotatable bonds is 8. The standard InChI is InChI=1S/C30H36F2N8O2/c1-39-8-10-40(11-9-39)23-2-3-24(26(17-23)36-22-6-12-42-13-7-22)30(41)38-29(34)25-4-5-27(37-28(25)33)35-18-19-14-20(31)16-21(32)15-19/h2-5,14-17,22,36H,6-13,18H2,1H3,(H3,33,35,37)(H2,34,38,41). The number of benzene rings is 2. The first kappa shape index (κ1) is 29.2. The third-order valence-corrected chi connectivity index (χ3v) is 7.53. The number of amidine groups is 1. The van der Waals surface area contributed by atoms with E-state index in [1.807, 2.05) is 12.1 Å². The molecule has 2 aliphatic rings. The quantitative estimate of drug-likeness (QED) is 0.202. The van der Waals surface area contributed by atoms with Gasteiger partial charge in [0, 0.05) is 69.4 Å². The highest BCUT2D eigenvalue weighted by molar-refractivity contribution is 6.14. The molecule has 0 atom stereocenters. The van der Waals surface area contributed by atoms with Crippen molar-refractivity contribution in [2.75, 3.05) is 67.7 Å². The number of pyridine rings is 1. The van der Waals surface area contributed by atoms with Gasteiger partial charge in [0.2, 0.25) is 0 Å². The van der Waals surface area contributed by atoms with Crippen molar-refractivity contribution in [3.63, 3.8) is 0 Å². The minimum Gasteiger partial charge on any atom is -0.383 e. The van der Waals surface area contributed by atoms with Crippen LogP contribution in [0.25, 0.3) is 0 Å². The van der Waals surface area contributed by atoms with Crippen LogP contribution in [0, 0.1) is 17.0 Å². The molecule has 2 fully saturated rings. The van der Waals surface area contributed by atoms with Crippen molar-refractivity contribution in [1.29, 1.82) is 5.41 Å². The van der Waals surface area contributed by atoms with Crippen LogP contribution in [-0.4, -0.2) is 74.1 Å². The van der Waals surface area contributed by atoms with E-state index in [9.17, 15) is 13.6 Å². The SMILES string of the molecule is CN1CCN(c2ccc(C(=O)NC(=N)c3ccc(NCc4cc(F)cc(F)c4)nc3N)c(NC3CCOCC3)c2)CC1. The number of likely N-dealkylation sites (N-methyl/N-ethyl adjacent to an activating group) is 1. The summed E-state index contributed by atoms with van der Waals surface area (Å²) in [4.78, 5) is 22.3. The molecule has 5 rings (SSSR count). The van der Waals surface area contributed by atoms with Crippen LogP contribution in [0.15, 0.2) is 48.5 Å². The van der Waals surface area contributed by atoms with E-state index in [4.69, 9.17) is 15.9 Å². The van der Waals surface area contributed by atoms with E-state index in [0.29, 0.717) is 35.8 Å². The van der Waals surface area contributed by atoms with E-state index in [1.165, 1.54) is 12.1 Å². The normalized spacial score (nSPS) is 16.2. The number of carbonyl (C=O) groups is 1. The van der Waals surface area contributed by atoms with Gasteiger partial charge in [0.15, 0.2) is 0 Å². The molecule has 10 nitrogen and oxygen atoms in total. The summed E-state index contributed by atoms with van der Waals surface area (Å²) in [5.41, 5.74) is 8.96. The van der Waals surface area contributed by atoms with Crippen molar-refractivity contribution < 1.29 is 18.3 Å². The zero-order valence-corrected chi connectivity index (χ0v) is 23.6. The topological polar surface area (TPSA) is 132 Å². The van der Waals surface area contributed by atoms with Gasteiger partial charge in [0.1, 0.15) is 29.1 Å². The molecule has 0 bridgehead atoms. The number of carbonyl (C=O) groups excluding carboxylic acids is 1. The van der Waals surface area contributed by atoms with E-state index < -0.39 is 17.5 Å². The summed E-state index contributed by atoms with van der Waals surface area (Å²) in [6.07, 6.45) is 1.68. The summed E-state index contributed by atoms with van der Waals surface area (Å²) in [7, 11) is 2.11. The van der Waals surface area contributed by atoms with Crippen LogP contribution in [0.4, 0.5) is 31.8 Å². The third-order valence-electron chi connectivity index (χ3n) is 7.53. The maximum atomic E-state index is 13.5. The minimum atomic E-state index is -0.668. The molecule has 0 unspecified atom stereocenters. The van der Waals surface area contributed by atoms with Crippen LogP contribution in [0.2, 0.25) is 0 Å². The molecule has 2 saturated heterocycles.